The third kappa shape index (κ3) is 2.00. The van der Waals surface area contributed by atoms with Crippen molar-refractivity contribution in [3.05, 3.63) is 0 Å². The fourth-order valence-electron chi connectivity index (χ4n) is 0.734. The molecule has 0 bridgehead atoms. The van der Waals surface area contributed by atoms with Gasteiger partial charge in [-0.25, -0.2) is 0 Å². The Morgan fingerprint density at radius 1 is 1.70 bits per heavy atom. The zero-order valence-electron chi connectivity index (χ0n) is 4.97. The van der Waals surface area contributed by atoms with Gasteiger partial charge in [-0.15, -0.1) is 0 Å². The SMILES string of the molecule is O=C([O-])[C@@H]1CCC([O-])=N1.[Cu+2]. The summed E-state index contributed by atoms with van der Waals surface area (Å²) in [4.78, 5) is 13.3. The smallest absolute Gasteiger partial charge is 0.862 e. The van der Waals surface area contributed by atoms with Gasteiger partial charge in [-0.05, 0) is 18.7 Å². The molecule has 1 atom stereocenters. The first kappa shape index (κ1) is 9.46. The molecule has 1 aliphatic heterocycles. The third-order valence-corrected chi connectivity index (χ3v) is 1.20. The van der Waals surface area contributed by atoms with Gasteiger partial charge >= 0.3 is 17.1 Å². The van der Waals surface area contributed by atoms with E-state index in [-0.39, 0.29) is 29.4 Å². The predicted octanol–water partition coefficient (Wildman–Crippen LogP) is -2.34. The molecule has 0 saturated carbocycles. The first-order valence-electron chi connectivity index (χ1n) is 2.64. The number of rotatable bonds is 1. The van der Waals surface area contributed by atoms with E-state index < -0.39 is 12.0 Å². The first-order valence-corrected chi connectivity index (χ1v) is 2.64. The Labute approximate surface area is 68.4 Å². The van der Waals surface area contributed by atoms with Crippen LogP contribution in [-0.4, -0.2) is 17.9 Å². The largest absolute Gasteiger partial charge is 2.00 e. The second-order valence-electron chi connectivity index (χ2n) is 1.90. The number of carbonyl (C=O) groups excluding carboxylic acids is 1. The van der Waals surface area contributed by atoms with E-state index in [1.165, 1.54) is 0 Å². The molecule has 1 rings (SSSR count). The molecule has 4 nitrogen and oxygen atoms in total. The van der Waals surface area contributed by atoms with Gasteiger partial charge in [-0.2, -0.15) is 0 Å². The van der Waals surface area contributed by atoms with Gasteiger partial charge in [-0.1, -0.05) is 0 Å². The second-order valence-corrected chi connectivity index (χ2v) is 1.90. The molecule has 1 heterocycles. The summed E-state index contributed by atoms with van der Waals surface area (Å²) >= 11 is 0. The Morgan fingerprint density at radius 2 is 2.30 bits per heavy atom. The topological polar surface area (TPSA) is 75.5 Å². The summed E-state index contributed by atoms with van der Waals surface area (Å²) in [5.74, 6) is -1.58. The molecule has 59 valence electrons. The summed E-state index contributed by atoms with van der Waals surface area (Å²) in [6, 6.07) is -0.877. The maximum atomic E-state index is 10.3. The molecule has 0 fully saturated rings. The summed E-state index contributed by atoms with van der Waals surface area (Å²) < 4.78 is 0. The van der Waals surface area contributed by atoms with Gasteiger partial charge in [0.15, 0.2) is 0 Å². The fourth-order valence-corrected chi connectivity index (χ4v) is 0.734. The predicted molar refractivity (Wildman–Crippen MR) is 25.5 cm³/mol. The summed E-state index contributed by atoms with van der Waals surface area (Å²) in [6.45, 7) is 0. The molecular formula is C5H5CuNO3. The van der Waals surface area contributed by atoms with Crippen LogP contribution in [0, 0.1) is 0 Å². The zero-order valence-corrected chi connectivity index (χ0v) is 5.91. The van der Waals surface area contributed by atoms with Crippen LogP contribution in [0.1, 0.15) is 12.8 Å². The van der Waals surface area contributed by atoms with Crippen molar-refractivity contribution in [1.82, 2.24) is 0 Å². The van der Waals surface area contributed by atoms with E-state index in [9.17, 15) is 15.0 Å². The van der Waals surface area contributed by atoms with Crippen LogP contribution >= 0.6 is 0 Å². The molecule has 5 heteroatoms. The van der Waals surface area contributed by atoms with Crippen LogP contribution in [-0.2, 0) is 21.9 Å². The number of carbonyl (C=O) groups is 1. The van der Waals surface area contributed by atoms with E-state index in [1.807, 2.05) is 0 Å². The van der Waals surface area contributed by atoms with Gasteiger partial charge in [0.25, 0.3) is 0 Å². The van der Waals surface area contributed by atoms with Crippen LogP contribution < -0.4 is 10.2 Å². The molecule has 0 aromatic carbocycles. The number of aliphatic imine (C=N–C) groups is 1. The van der Waals surface area contributed by atoms with Crippen LogP contribution in [0.25, 0.3) is 0 Å². The van der Waals surface area contributed by atoms with Crippen molar-refractivity contribution < 1.29 is 32.1 Å². The average molecular weight is 191 g/mol. The van der Waals surface area contributed by atoms with Crippen molar-refractivity contribution in [1.29, 1.82) is 0 Å². The standard InChI is InChI=1S/C5H7NO3.Cu/c7-4-2-1-3(6-4)5(8)9;/h3H,1-2H2,(H,6,7)(H,8,9);/q;+2/p-2/t3-;/m0./s1. The molecule has 0 aromatic heterocycles. The number of hydrogen-bond acceptors (Lipinski definition) is 4. The number of aliphatic carboxylic acids is 1. The van der Waals surface area contributed by atoms with Crippen LogP contribution in [0.4, 0.5) is 0 Å². The molecule has 0 saturated heterocycles. The Balaban J connectivity index is 0.000000810. The Kier molecular flexibility index (Phi) is 3.39. The van der Waals surface area contributed by atoms with Gasteiger partial charge in [0.1, 0.15) is 0 Å². The summed E-state index contributed by atoms with van der Waals surface area (Å²) in [5, 5.41) is 20.3. The molecule has 0 aliphatic carbocycles. The van der Waals surface area contributed by atoms with E-state index in [0.29, 0.717) is 6.42 Å². The maximum Gasteiger partial charge on any atom is 2.00 e. The Bertz CT molecular complexity index is 168. The van der Waals surface area contributed by atoms with E-state index in [4.69, 9.17) is 0 Å². The van der Waals surface area contributed by atoms with Crippen molar-refractivity contribution in [3.8, 4) is 0 Å². The van der Waals surface area contributed by atoms with Crippen molar-refractivity contribution in [2.24, 2.45) is 4.99 Å². The van der Waals surface area contributed by atoms with E-state index in [2.05, 4.69) is 4.99 Å². The van der Waals surface area contributed by atoms with Gasteiger partial charge in [0.2, 0.25) is 0 Å². The van der Waals surface area contributed by atoms with Gasteiger partial charge in [0, 0.05) is 0 Å². The van der Waals surface area contributed by atoms with Crippen molar-refractivity contribution >= 4 is 11.9 Å². The molecule has 1 radical (unpaired) electrons. The quantitative estimate of drug-likeness (QED) is 0.435. The minimum atomic E-state index is -1.25. The van der Waals surface area contributed by atoms with Crippen molar-refractivity contribution in [2.45, 2.75) is 18.9 Å². The third-order valence-electron chi connectivity index (χ3n) is 1.20. The van der Waals surface area contributed by atoms with Crippen molar-refractivity contribution in [3.63, 3.8) is 0 Å². The van der Waals surface area contributed by atoms with Crippen molar-refractivity contribution in [2.75, 3.05) is 0 Å². The van der Waals surface area contributed by atoms with E-state index in [1.54, 1.807) is 0 Å². The molecule has 0 amide bonds. The molecular weight excluding hydrogens is 186 g/mol. The Morgan fingerprint density at radius 3 is 2.50 bits per heavy atom. The Hall–Kier alpha value is -0.541. The first-order chi connectivity index (χ1) is 4.20. The average Bonchev–Trinajstić information content (AvgIpc) is 2.14. The molecule has 1 aliphatic rings. The van der Waals surface area contributed by atoms with Gasteiger partial charge in [0.05, 0.1) is 12.0 Å². The van der Waals surface area contributed by atoms with Gasteiger partial charge in [-0.3, -0.25) is 4.99 Å². The monoisotopic (exact) mass is 190 g/mol. The second kappa shape index (κ2) is 3.58. The minimum absolute atomic E-state index is 0. The maximum absolute atomic E-state index is 10.3. The molecule has 0 spiro atoms. The minimum Gasteiger partial charge on any atom is -0.862 e. The molecule has 0 unspecified atom stereocenters. The van der Waals surface area contributed by atoms with Crippen LogP contribution in [0.15, 0.2) is 4.99 Å². The molecule has 0 aromatic rings. The summed E-state index contributed by atoms with van der Waals surface area (Å²) in [6.07, 6.45) is 0.555. The molecule has 0 N–H and O–H groups in total. The fraction of sp³-hybridized carbons (Fsp3) is 0.600. The number of nitrogens with zero attached hydrogens (tertiary/aromatic N) is 1. The number of carboxylic acid groups (broad SMARTS) is 1. The zero-order chi connectivity index (χ0) is 6.85. The molecule has 10 heavy (non-hydrogen) atoms. The van der Waals surface area contributed by atoms with Crippen LogP contribution in [0.5, 0.6) is 0 Å². The summed E-state index contributed by atoms with van der Waals surface area (Å²) in [7, 11) is 0. The van der Waals surface area contributed by atoms with E-state index in [0.717, 1.165) is 0 Å². The number of carboxylic acids is 1. The summed E-state index contributed by atoms with van der Waals surface area (Å²) in [5.41, 5.74) is 0. The van der Waals surface area contributed by atoms with Crippen LogP contribution in [0.3, 0.4) is 0 Å². The van der Waals surface area contributed by atoms with Crippen LogP contribution in [0.2, 0.25) is 0 Å². The number of hydrogen-bond donors (Lipinski definition) is 0. The van der Waals surface area contributed by atoms with E-state index >= 15 is 0 Å². The van der Waals surface area contributed by atoms with Gasteiger partial charge < -0.3 is 15.0 Å². The normalized spacial score (nSPS) is 23.2.